The van der Waals surface area contributed by atoms with E-state index >= 15 is 0 Å². The number of phenolic OH excluding ortho intramolecular Hbond substituents is 1. The van der Waals surface area contributed by atoms with Crippen molar-refractivity contribution < 1.29 is 14.6 Å². The average molecular weight is 275 g/mol. The van der Waals surface area contributed by atoms with Crippen LogP contribution in [0.2, 0.25) is 0 Å². The molecule has 0 radical (unpaired) electrons. The highest BCUT2D eigenvalue weighted by Gasteiger charge is 2.09. The molecule has 0 saturated heterocycles. The summed E-state index contributed by atoms with van der Waals surface area (Å²) < 4.78 is 5.01. The molecule has 0 heterocycles. The van der Waals surface area contributed by atoms with Crippen LogP contribution in [0.25, 0.3) is 0 Å². The van der Waals surface area contributed by atoms with Crippen LogP contribution >= 0.6 is 12.4 Å². The third-order valence-electron chi connectivity index (χ3n) is 2.42. The third-order valence-corrected chi connectivity index (χ3v) is 2.42. The first-order valence-electron chi connectivity index (χ1n) is 5.33. The van der Waals surface area contributed by atoms with Gasteiger partial charge in [-0.1, -0.05) is 6.07 Å². The van der Waals surface area contributed by atoms with E-state index < -0.39 is 0 Å². The quantitative estimate of drug-likeness (QED) is 0.841. The second-order valence-electron chi connectivity index (χ2n) is 3.79. The molecular formula is C12H19ClN2O3. The number of ether oxygens (including phenoxy) is 1. The molecule has 1 aromatic carbocycles. The number of halogens is 1. The summed E-state index contributed by atoms with van der Waals surface area (Å²) in [7, 11) is 4.96. The zero-order valence-electron chi connectivity index (χ0n) is 10.8. The molecule has 0 aliphatic rings. The molecule has 0 aliphatic heterocycles. The van der Waals surface area contributed by atoms with Crippen LogP contribution in [-0.2, 0) is 11.3 Å². The Morgan fingerprint density at radius 2 is 2.17 bits per heavy atom. The summed E-state index contributed by atoms with van der Waals surface area (Å²) in [4.78, 5) is 13.2. The van der Waals surface area contributed by atoms with Crippen molar-refractivity contribution in [3.8, 4) is 11.5 Å². The van der Waals surface area contributed by atoms with Crippen LogP contribution in [0.3, 0.4) is 0 Å². The minimum absolute atomic E-state index is 0. The average Bonchev–Trinajstić information content (AvgIpc) is 2.31. The largest absolute Gasteiger partial charge is 0.504 e. The lowest BCUT2D eigenvalue weighted by atomic mass is 10.2. The van der Waals surface area contributed by atoms with Gasteiger partial charge in [-0.2, -0.15) is 0 Å². The van der Waals surface area contributed by atoms with E-state index in [0.29, 0.717) is 18.8 Å². The number of likely N-dealkylation sites (N-methyl/N-ethyl adjacent to an activating group) is 2. The van der Waals surface area contributed by atoms with Gasteiger partial charge in [-0.25, -0.2) is 0 Å². The van der Waals surface area contributed by atoms with Crippen molar-refractivity contribution in [1.29, 1.82) is 0 Å². The van der Waals surface area contributed by atoms with E-state index in [1.807, 2.05) is 0 Å². The predicted octanol–water partition coefficient (Wildman–Crippen LogP) is 1.00. The van der Waals surface area contributed by atoms with E-state index in [0.717, 1.165) is 5.56 Å². The lowest BCUT2D eigenvalue weighted by Gasteiger charge is -2.17. The lowest BCUT2D eigenvalue weighted by molar-refractivity contribution is -0.129. The van der Waals surface area contributed by atoms with Crippen LogP contribution in [0.5, 0.6) is 11.5 Å². The number of amides is 1. The van der Waals surface area contributed by atoms with Gasteiger partial charge in [-0.05, 0) is 24.7 Å². The fourth-order valence-electron chi connectivity index (χ4n) is 1.47. The minimum atomic E-state index is 0. The Hall–Kier alpha value is -1.46. The molecule has 5 nitrogen and oxygen atoms in total. The van der Waals surface area contributed by atoms with Crippen molar-refractivity contribution in [2.75, 3.05) is 27.7 Å². The van der Waals surface area contributed by atoms with Crippen molar-refractivity contribution in [3.63, 3.8) is 0 Å². The lowest BCUT2D eigenvalue weighted by Crippen LogP contribution is -2.33. The third kappa shape index (κ3) is 4.43. The van der Waals surface area contributed by atoms with E-state index in [2.05, 4.69) is 5.32 Å². The van der Waals surface area contributed by atoms with E-state index in [-0.39, 0.29) is 24.1 Å². The maximum Gasteiger partial charge on any atom is 0.236 e. The number of rotatable bonds is 5. The zero-order valence-corrected chi connectivity index (χ0v) is 11.6. The number of nitrogens with one attached hydrogen (secondary N) is 1. The van der Waals surface area contributed by atoms with Crippen LogP contribution in [0.4, 0.5) is 0 Å². The highest BCUT2D eigenvalue weighted by atomic mass is 35.5. The summed E-state index contributed by atoms with van der Waals surface area (Å²) in [6, 6.07) is 5.05. The maximum atomic E-state index is 11.6. The Morgan fingerprint density at radius 1 is 1.50 bits per heavy atom. The van der Waals surface area contributed by atoms with E-state index in [9.17, 15) is 9.90 Å². The second-order valence-corrected chi connectivity index (χ2v) is 3.79. The molecule has 1 rings (SSSR count). The molecule has 1 aromatic rings. The molecule has 0 fully saturated rings. The van der Waals surface area contributed by atoms with Gasteiger partial charge in [0.05, 0.1) is 13.7 Å². The molecule has 0 bridgehead atoms. The first kappa shape index (κ1) is 16.5. The summed E-state index contributed by atoms with van der Waals surface area (Å²) >= 11 is 0. The van der Waals surface area contributed by atoms with Crippen LogP contribution in [0, 0.1) is 0 Å². The smallest absolute Gasteiger partial charge is 0.236 e. The number of phenols is 1. The van der Waals surface area contributed by atoms with Crippen LogP contribution in [0.15, 0.2) is 18.2 Å². The molecule has 2 N–H and O–H groups in total. The van der Waals surface area contributed by atoms with Crippen molar-refractivity contribution in [3.05, 3.63) is 23.8 Å². The number of methoxy groups -OCH3 is 1. The number of hydrogen-bond donors (Lipinski definition) is 2. The fraction of sp³-hybridized carbons (Fsp3) is 0.417. The molecule has 0 aromatic heterocycles. The Labute approximate surface area is 113 Å². The van der Waals surface area contributed by atoms with E-state index in [1.165, 1.54) is 7.11 Å². The van der Waals surface area contributed by atoms with Gasteiger partial charge < -0.3 is 20.1 Å². The molecule has 102 valence electrons. The van der Waals surface area contributed by atoms with Crippen LogP contribution in [-0.4, -0.2) is 43.7 Å². The summed E-state index contributed by atoms with van der Waals surface area (Å²) in [6.45, 7) is 0.795. The Kier molecular flexibility index (Phi) is 7.16. The first-order valence-corrected chi connectivity index (χ1v) is 5.33. The van der Waals surface area contributed by atoms with Gasteiger partial charge >= 0.3 is 0 Å². The molecule has 0 unspecified atom stereocenters. The van der Waals surface area contributed by atoms with Gasteiger partial charge in [-0.15, -0.1) is 12.4 Å². The van der Waals surface area contributed by atoms with Crippen molar-refractivity contribution in [2.45, 2.75) is 6.54 Å². The molecule has 0 saturated carbocycles. The normalized spacial score (nSPS) is 9.50. The van der Waals surface area contributed by atoms with Crippen LogP contribution < -0.4 is 10.1 Å². The molecular weight excluding hydrogens is 256 g/mol. The minimum Gasteiger partial charge on any atom is -0.504 e. The molecule has 0 atom stereocenters. The topological polar surface area (TPSA) is 61.8 Å². The summed E-state index contributed by atoms with van der Waals surface area (Å²) in [6.07, 6.45) is 0. The van der Waals surface area contributed by atoms with E-state index in [4.69, 9.17) is 4.74 Å². The van der Waals surface area contributed by atoms with Crippen LogP contribution in [0.1, 0.15) is 5.56 Å². The predicted molar refractivity (Wildman–Crippen MR) is 72.3 cm³/mol. The number of hydrogen-bond acceptors (Lipinski definition) is 4. The first-order chi connectivity index (χ1) is 8.08. The van der Waals surface area contributed by atoms with Gasteiger partial charge in [0.2, 0.25) is 5.91 Å². The zero-order chi connectivity index (χ0) is 12.8. The fourth-order valence-corrected chi connectivity index (χ4v) is 1.47. The Bertz CT molecular complexity index is 399. The Balaban J connectivity index is 0.00000289. The van der Waals surface area contributed by atoms with Gasteiger partial charge in [0.25, 0.3) is 0 Å². The maximum absolute atomic E-state index is 11.6. The standard InChI is InChI=1S/C12H18N2O3.ClH/c1-13-7-12(16)14(2)8-9-4-5-10(15)11(6-9)17-3;/h4-6,13,15H,7-8H2,1-3H3;1H. The Morgan fingerprint density at radius 3 is 2.72 bits per heavy atom. The molecule has 18 heavy (non-hydrogen) atoms. The number of carbonyl (C=O) groups is 1. The van der Waals surface area contributed by atoms with E-state index in [1.54, 1.807) is 37.2 Å². The van der Waals surface area contributed by atoms with Gasteiger partial charge in [-0.3, -0.25) is 4.79 Å². The molecule has 0 aliphatic carbocycles. The summed E-state index contributed by atoms with van der Waals surface area (Å²) in [5.41, 5.74) is 0.909. The van der Waals surface area contributed by atoms with Crippen molar-refractivity contribution >= 4 is 18.3 Å². The number of aromatic hydroxyl groups is 1. The van der Waals surface area contributed by atoms with Gasteiger partial charge in [0.1, 0.15) is 0 Å². The highest BCUT2D eigenvalue weighted by molar-refractivity contribution is 5.85. The number of carbonyl (C=O) groups excluding carboxylic acids is 1. The van der Waals surface area contributed by atoms with Crippen molar-refractivity contribution in [2.24, 2.45) is 0 Å². The highest BCUT2D eigenvalue weighted by Crippen LogP contribution is 2.26. The summed E-state index contributed by atoms with van der Waals surface area (Å²) in [5, 5.41) is 12.3. The molecule has 6 heteroatoms. The van der Waals surface area contributed by atoms with Gasteiger partial charge in [0.15, 0.2) is 11.5 Å². The summed E-state index contributed by atoms with van der Waals surface area (Å²) in [5.74, 6) is 0.525. The molecule has 1 amide bonds. The monoisotopic (exact) mass is 274 g/mol. The molecule has 0 spiro atoms. The second kappa shape index (κ2) is 7.79. The SMILES string of the molecule is CNCC(=O)N(C)Cc1ccc(O)c(OC)c1.Cl. The van der Waals surface area contributed by atoms with Gasteiger partial charge in [0, 0.05) is 13.6 Å². The number of nitrogens with zero attached hydrogens (tertiary/aromatic N) is 1. The number of benzene rings is 1. The van der Waals surface area contributed by atoms with Crippen molar-refractivity contribution in [1.82, 2.24) is 10.2 Å².